The van der Waals surface area contributed by atoms with Crippen LogP contribution in [0.2, 0.25) is 0 Å². The second kappa shape index (κ2) is 9.27. The summed E-state index contributed by atoms with van der Waals surface area (Å²) in [4.78, 5) is 25.6. The van der Waals surface area contributed by atoms with Gasteiger partial charge >= 0.3 is 6.09 Å². The maximum absolute atomic E-state index is 11.9. The smallest absolute Gasteiger partial charge is 0.412 e. The lowest BCUT2D eigenvalue weighted by Gasteiger charge is -2.19. The van der Waals surface area contributed by atoms with Crippen molar-refractivity contribution in [1.29, 1.82) is 0 Å². The van der Waals surface area contributed by atoms with Crippen molar-refractivity contribution in [2.24, 2.45) is 0 Å². The molecule has 0 heterocycles. The summed E-state index contributed by atoms with van der Waals surface area (Å²) in [5.74, 6) is 0.00149. The van der Waals surface area contributed by atoms with Crippen molar-refractivity contribution in [2.45, 2.75) is 39.2 Å². The van der Waals surface area contributed by atoms with Crippen LogP contribution in [0.25, 0.3) is 0 Å². The van der Waals surface area contributed by atoms with E-state index in [1.165, 1.54) is 0 Å². The molecule has 0 aromatic heterocycles. The Morgan fingerprint density at radius 2 is 1.75 bits per heavy atom. The Labute approximate surface area is 144 Å². The zero-order valence-corrected chi connectivity index (χ0v) is 15.3. The maximum Gasteiger partial charge on any atom is 0.412 e. The van der Waals surface area contributed by atoms with Crippen molar-refractivity contribution in [3.63, 3.8) is 0 Å². The zero-order valence-electron chi connectivity index (χ0n) is 15.3. The molecule has 24 heavy (non-hydrogen) atoms. The van der Waals surface area contributed by atoms with Gasteiger partial charge in [0.2, 0.25) is 5.91 Å². The molecule has 1 aromatic carbocycles. The normalized spacial score (nSPS) is 11.2. The lowest BCUT2D eigenvalue weighted by molar-refractivity contribution is -0.120. The third-order valence-electron chi connectivity index (χ3n) is 3.07. The van der Waals surface area contributed by atoms with Crippen molar-refractivity contribution in [1.82, 2.24) is 10.2 Å². The van der Waals surface area contributed by atoms with Gasteiger partial charge in [-0.25, -0.2) is 4.79 Å². The zero-order chi connectivity index (χ0) is 18.2. The van der Waals surface area contributed by atoms with E-state index in [0.717, 1.165) is 18.5 Å². The Morgan fingerprint density at radius 3 is 2.29 bits per heavy atom. The monoisotopic (exact) mass is 335 g/mol. The number of carbonyl (C=O) groups excluding carboxylic acids is 2. The molecule has 1 rings (SSSR count). The van der Waals surface area contributed by atoms with E-state index in [1.54, 1.807) is 12.1 Å². The van der Waals surface area contributed by atoms with E-state index in [4.69, 9.17) is 4.74 Å². The average Bonchev–Trinajstić information content (AvgIpc) is 2.43. The van der Waals surface area contributed by atoms with Gasteiger partial charge in [-0.2, -0.15) is 0 Å². The van der Waals surface area contributed by atoms with Crippen LogP contribution < -0.4 is 10.6 Å². The number of anilines is 1. The third kappa shape index (κ3) is 9.15. The average molecular weight is 335 g/mol. The number of nitrogens with one attached hydrogen (secondary N) is 2. The van der Waals surface area contributed by atoms with Crippen LogP contribution in [0, 0.1) is 0 Å². The Balaban J connectivity index is 2.39. The number of rotatable bonds is 7. The first-order valence-corrected chi connectivity index (χ1v) is 8.16. The van der Waals surface area contributed by atoms with Gasteiger partial charge in [-0.05, 0) is 65.5 Å². The highest BCUT2D eigenvalue weighted by Gasteiger charge is 2.16. The molecule has 0 aliphatic heterocycles. The van der Waals surface area contributed by atoms with Crippen molar-refractivity contribution in [3.8, 4) is 0 Å². The van der Waals surface area contributed by atoms with Crippen LogP contribution >= 0.6 is 0 Å². The van der Waals surface area contributed by atoms with Gasteiger partial charge in [-0.15, -0.1) is 0 Å². The summed E-state index contributed by atoms with van der Waals surface area (Å²) in [6.45, 7) is 7.06. The van der Waals surface area contributed by atoms with E-state index in [9.17, 15) is 9.59 Å². The Hall–Kier alpha value is -2.08. The largest absolute Gasteiger partial charge is 0.444 e. The summed E-state index contributed by atoms with van der Waals surface area (Å²) in [6, 6.07) is 7.18. The second-order valence-corrected chi connectivity index (χ2v) is 7.01. The number of hydrogen-bond acceptors (Lipinski definition) is 4. The predicted molar refractivity (Wildman–Crippen MR) is 96.2 cm³/mol. The first-order chi connectivity index (χ1) is 11.2. The van der Waals surface area contributed by atoms with Gasteiger partial charge in [-0.3, -0.25) is 10.1 Å². The predicted octanol–water partition coefficient (Wildman–Crippen LogP) is 2.64. The minimum atomic E-state index is -0.533. The van der Waals surface area contributed by atoms with Gasteiger partial charge in [0.15, 0.2) is 0 Å². The van der Waals surface area contributed by atoms with Gasteiger partial charge in [0.25, 0.3) is 0 Å². The van der Waals surface area contributed by atoms with Crippen molar-refractivity contribution >= 4 is 17.7 Å². The molecule has 134 valence electrons. The SMILES string of the molecule is CN(C)CCCNC(=O)Cc1ccc(NC(=O)OC(C)(C)C)cc1. The molecule has 0 radical (unpaired) electrons. The van der Waals surface area contributed by atoms with E-state index >= 15 is 0 Å². The number of benzene rings is 1. The molecule has 0 aliphatic carbocycles. The Morgan fingerprint density at radius 1 is 1.12 bits per heavy atom. The van der Waals surface area contributed by atoms with Crippen LogP contribution in [-0.4, -0.2) is 49.7 Å². The van der Waals surface area contributed by atoms with Crippen LogP contribution in [0.1, 0.15) is 32.8 Å². The fraction of sp³-hybridized carbons (Fsp3) is 0.556. The highest BCUT2D eigenvalue weighted by molar-refractivity contribution is 5.85. The van der Waals surface area contributed by atoms with Crippen LogP contribution in [-0.2, 0) is 16.0 Å². The molecule has 6 nitrogen and oxygen atoms in total. The molecule has 6 heteroatoms. The molecule has 0 bridgehead atoms. The molecule has 0 atom stereocenters. The van der Waals surface area contributed by atoms with Crippen molar-refractivity contribution < 1.29 is 14.3 Å². The van der Waals surface area contributed by atoms with Gasteiger partial charge in [0, 0.05) is 12.2 Å². The number of carbonyl (C=O) groups is 2. The lowest BCUT2D eigenvalue weighted by Crippen LogP contribution is -2.28. The molecule has 0 saturated carbocycles. The molecule has 2 N–H and O–H groups in total. The molecule has 1 aromatic rings. The van der Waals surface area contributed by atoms with E-state index in [1.807, 2.05) is 47.0 Å². The number of hydrogen-bond donors (Lipinski definition) is 2. The van der Waals surface area contributed by atoms with Crippen LogP contribution in [0.5, 0.6) is 0 Å². The quantitative estimate of drug-likeness (QED) is 0.752. The Bertz CT molecular complexity index is 533. The van der Waals surface area contributed by atoms with Gasteiger partial charge in [-0.1, -0.05) is 12.1 Å². The number of amides is 2. The van der Waals surface area contributed by atoms with Gasteiger partial charge < -0.3 is 15.0 Å². The fourth-order valence-electron chi connectivity index (χ4n) is 2.00. The van der Waals surface area contributed by atoms with E-state index in [-0.39, 0.29) is 5.91 Å². The van der Waals surface area contributed by atoms with Crippen molar-refractivity contribution in [2.75, 3.05) is 32.5 Å². The van der Waals surface area contributed by atoms with E-state index in [2.05, 4.69) is 15.5 Å². The van der Waals surface area contributed by atoms with E-state index in [0.29, 0.717) is 18.7 Å². The fourth-order valence-corrected chi connectivity index (χ4v) is 2.00. The van der Waals surface area contributed by atoms with Gasteiger partial charge in [0.1, 0.15) is 5.60 Å². The summed E-state index contributed by atoms with van der Waals surface area (Å²) in [7, 11) is 4.02. The molecule has 0 saturated heterocycles. The molecular weight excluding hydrogens is 306 g/mol. The summed E-state index contributed by atoms with van der Waals surface area (Å²) < 4.78 is 5.19. The molecule has 0 spiro atoms. The summed E-state index contributed by atoms with van der Waals surface area (Å²) >= 11 is 0. The molecule has 2 amide bonds. The molecule has 0 fully saturated rings. The molecular formula is C18H29N3O3. The standard InChI is InChI=1S/C18H29N3O3/c1-18(2,3)24-17(23)20-15-9-7-14(8-10-15)13-16(22)19-11-6-12-21(4)5/h7-10H,6,11-13H2,1-5H3,(H,19,22)(H,20,23). The topological polar surface area (TPSA) is 70.7 Å². The third-order valence-corrected chi connectivity index (χ3v) is 3.07. The van der Waals surface area contributed by atoms with Crippen LogP contribution in [0.3, 0.4) is 0 Å². The first kappa shape index (κ1) is 20.0. The summed E-state index contributed by atoms with van der Waals surface area (Å²) in [5, 5.41) is 5.57. The highest BCUT2D eigenvalue weighted by Crippen LogP contribution is 2.13. The number of ether oxygens (including phenoxy) is 1. The summed E-state index contributed by atoms with van der Waals surface area (Å²) in [5.41, 5.74) is 1.00. The summed E-state index contributed by atoms with van der Waals surface area (Å²) in [6.07, 6.45) is 0.764. The highest BCUT2D eigenvalue weighted by atomic mass is 16.6. The number of nitrogens with zero attached hydrogens (tertiary/aromatic N) is 1. The molecule has 0 aliphatic rings. The van der Waals surface area contributed by atoms with Crippen LogP contribution in [0.15, 0.2) is 24.3 Å². The maximum atomic E-state index is 11.9. The minimum Gasteiger partial charge on any atom is -0.444 e. The lowest BCUT2D eigenvalue weighted by atomic mass is 10.1. The Kier molecular flexibility index (Phi) is 7.71. The minimum absolute atomic E-state index is 0.00149. The van der Waals surface area contributed by atoms with Crippen LogP contribution in [0.4, 0.5) is 10.5 Å². The van der Waals surface area contributed by atoms with E-state index < -0.39 is 11.7 Å². The molecule has 0 unspecified atom stereocenters. The van der Waals surface area contributed by atoms with Gasteiger partial charge in [0.05, 0.1) is 6.42 Å². The second-order valence-electron chi connectivity index (χ2n) is 7.01. The van der Waals surface area contributed by atoms with Crippen molar-refractivity contribution in [3.05, 3.63) is 29.8 Å². The first-order valence-electron chi connectivity index (χ1n) is 8.16.